The Morgan fingerprint density at radius 3 is 2.50 bits per heavy atom. The van der Waals surface area contributed by atoms with E-state index in [1.165, 1.54) is 18.5 Å². The molecular weight excluding hydrogens is 388 g/mol. The number of carbonyl (C=O) groups excluding carboxylic acids is 2. The Morgan fingerprint density at radius 2 is 1.80 bits per heavy atom. The van der Waals surface area contributed by atoms with Crippen molar-refractivity contribution >= 4 is 23.7 Å². The predicted molar refractivity (Wildman–Crippen MR) is 112 cm³/mol. The Morgan fingerprint density at radius 1 is 1.10 bits per heavy atom. The Hall–Kier alpha value is -3.46. The number of anilines is 1. The lowest BCUT2D eigenvalue weighted by Crippen LogP contribution is -2.17. The molecule has 2 rings (SSSR count). The van der Waals surface area contributed by atoms with Crippen molar-refractivity contribution in [3.63, 3.8) is 0 Å². The van der Waals surface area contributed by atoms with Gasteiger partial charge in [-0.15, -0.1) is 0 Å². The standard InChI is InChI=1S/C21H26N4O5/c1-14-21(30)16(15(13-26)11-22-14)12-23-25-20(29)10-4-2-3-9-19(28)24-17-7-5-6-8-18(17)27/h5-8,11-12,26-27,30H,2-4,9-10,13H2,1H3,(H,24,28)(H,25,29)/b23-12+. The number of hydrogen-bond donors (Lipinski definition) is 5. The number of aliphatic hydroxyl groups is 1. The SMILES string of the molecule is Cc1ncc(CO)c(/C=N/NC(=O)CCCCCC(=O)Nc2ccccc2O)c1O. The molecular formula is C21H26N4O5. The molecule has 1 aromatic carbocycles. The van der Waals surface area contributed by atoms with Gasteiger partial charge in [0.05, 0.1) is 24.2 Å². The van der Waals surface area contributed by atoms with Crippen LogP contribution in [0.2, 0.25) is 0 Å². The molecule has 0 radical (unpaired) electrons. The van der Waals surface area contributed by atoms with Crippen LogP contribution >= 0.6 is 0 Å². The lowest BCUT2D eigenvalue weighted by molar-refractivity contribution is -0.121. The molecule has 9 nitrogen and oxygen atoms in total. The second-order valence-electron chi connectivity index (χ2n) is 6.71. The largest absolute Gasteiger partial charge is 0.506 e. The fourth-order valence-electron chi connectivity index (χ4n) is 2.69. The van der Waals surface area contributed by atoms with Crippen LogP contribution in [-0.4, -0.2) is 38.3 Å². The zero-order valence-electron chi connectivity index (χ0n) is 16.8. The molecule has 5 N–H and O–H groups in total. The Kier molecular flexibility index (Phi) is 8.76. The summed E-state index contributed by atoms with van der Waals surface area (Å²) in [4.78, 5) is 27.7. The first-order valence-electron chi connectivity index (χ1n) is 9.60. The maximum absolute atomic E-state index is 11.9. The number of hydrazone groups is 1. The normalized spacial score (nSPS) is 10.9. The summed E-state index contributed by atoms with van der Waals surface area (Å²) in [6.45, 7) is 1.31. The van der Waals surface area contributed by atoms with Crippen molar-refractivity contribution < 1.29 is 24.9 Å². The van der Waals surface area contributed by atoms with E-state index in [1.54, 1.807) is 25.1 Å². The second-order valence-corrected chi connectivity index (χ2v) is 6.71. The Labute approximate surface area is 174 Å². The number of nitrogens with zero attached hydrogens (tertiary/aromatic N) is 2. The van der Waals surface area contributed by atoms with Gasteiger partial charge in [-0.05, 0) is 31.9 Å². The van der Waals surface area contributed by atoms with Gasteiger partial charge in [-0.2, -0.15) is 5.10 Å². The number of carbonyl (C=O) groups is 2. The van der Waals surface area contributed by atoms with Gasteiger partial charge in [-0.1, -0.05) is 18.6 Å². The molecule has 0 aliphatic rings. The Balaban J connectivity index is 1.67. The maximum atomic E-state index is 11.9. The van der Waals surface area contributed by atoms with Crippen molar-refractivity contribution in [2.45, 2.75) is 45.6 Å². The average Bonchev–Trinajstić information content (AvgIpc) is 2.72. The summed E-state index contributed by atoms with van der Waals surface area (Å²) in [5.41, 5.74) is 3.85. The van der Waals surface area contributed by atoms with E-state index in [4.69, 9.17) is 0 Å². The van der Waals surface area contributed by atoms with Crippen molar-refractivity contribution in [3.8, 4) is 11.5 Å². The van der Waals surface area contributed by atoms with Crippen LogP contribution in [0.3, 0.4) is 0 Å². The zero-order valence-corrected chi connectivity index (χ0v) is 16.8. The highest BCUT2D eigenvalue weighted by Crippen LogP contribution is 2.22. The van der Waals surface area contributed by atoms with Gasteiger partial charge in [0.15, 0.2) is 0 Å². The first kappa shape index (κ1) is 22.8. The van der Waals surface area contributed by atoms with Gasteiger partial charge < -0.3 is 20.6 Å². The molecule has 0 fully saturated rings. The summed E-state index contributed by atoms with van der Waals surface area (Å²) in [6.07, 6.45) is 5.13. The molecule has 2 aromatic rings. The van der Waals surface area contributed by atoms with Gasteiger partial charge in [0.1, 0.15) is 11.5 Å². The number of amides is 2. The highest BCUT2D eigenvalue weighted by molar-refractivity contribution is 5.92. The molecule has 160 valence electrons. The molecule has 0 spiro atoms. The molecule has 30 heavy (non-hydrogen) atoms. The maximum Gasteiger partial charge on any atom is 0.240 e. The Bertz CT molecular complexity index is 914. The lowest BCUT2D eigenvalue weighted by atomic mass is 10.1. The minimum absolute atomic E-state index is 0.0180. The van der Waals surface area contributed by atoms with Gasteiger partial charge in [-0.3, -0.25) is 14.6 Å². The highest BCUT2D eigenvalue weighted by atomic mass is 16.3. The van der Waals surface area contributed by atoms with Gasteiger partial charge in [-0.25, -0.2) is 5.43 Å². The van der Waals surface area contributed by atoms with E-state index in [0.29, 0.717) is 48.2 Å². The number of unbranched alkanes of at least 4 members (excludes halogenated alkanes) is 2. The predicted octanol–water partition coefficient (Wildman–Crippen LogP) is 2.33. The molecule has 1 heterocycles. The summed E-state index contributed by atoms with van der Waals surface area (Å²) in [6, 6.07) is 6.51. The molecule has 0 bridgehead atoms. The van der Waals surface area contributed by atoms with Crippen LogP contribution in [0.15, 0.2) is 35.6 Å². The number of nitrogens with one attached hydrogen (secondary N) is 2. The highest BCUT2D eigenvalue weighted by Gasteiger charge is 2.10. The van der Waals surface area contributed by atoms with Crippen LogP contribution < -0.4 is 10.7 Å². The first-order chi connectivity index (χ1) is 14.4. The number of aliphatic hydroxyl groups excluding tert-OH is 1. The van der Waals surface area contributed by atoms with Gasteiger partial charge in [0, 0.05) is 30.2 Å². The number of para-hydroxylation sites is 2. The summed E-state index contributed by atoms with van der Waals surface area (Å²) in [7, 11) is 0. The van der Waals surface area contributed by atoms with Crippen molar-refractivity contribution in [3.05, 3.63) is 47.3 Å². The van der Waals surface area contributed by atoms with Crippen molar-refractivity contribution in [2.24, 2.45) is 5.10 Å². The third-order valence-electron chi connectivity index (χ3n) is 4.40. The summed E-state index contributed by atoms with van der Waals surface area (Å²) < 4.78 is 0. The van der Waals surface area contributed by atoms with E-state index in [9.17, 15) is 24.9 Å². The molecule has 0 unspecified atom stereocenters. The molecule has 1 aromatic heterocycles. The van der Waals surface area contributed by atoms with Crippen LogP contribution in [0.5, 0.6) is 11.5 Å². The average molecular weight is 414 g/mol. The number of aryl methyl sites for hydroxylation is 1. The number of hydrogen-bond acceptors (Lipinski definition) is 7. The third kappa shape index (κ3) is 6.85. The quantitative estimate of drug-likeness (QED) is 0.175. The van der Waals surface area contributed by atoms with E-state index < -0.39 is 0 Å². The smallest absolute Gasteiger partial charge is 0.240 e. The molecule has 9 heteroatoms. The molecule has 0 aliphatic carbocycles. The fourth-order valence-corrected chi connectivity index (χ4v) is 2.69. The number of phenols is 1. The third-order valence-corrected chi connectivity index (χ3v) is 4.40. The van der Waals surface area contributed by atoms with Crippen LogP contribution in [0.4, 0.5) is 5.69 Å². The fraction of sp³-hybridized carbons (Fsp3) is 0.333. The minimum atomic E-state index is -0.312. The van der Waals surface area contributed by atoms with Gasteiger partial charge in [0.25, 0.3) is 0 Å². The second kappa shape index (κ2) is 11.5. The van der Waals surface area contributed by atoms with Crippen molar-refractivity contribution in [1.82, 2.24) is 10.4 Å². The number of aromatic nitrogens is 1. The monoisotopic (exact) mass is 414 g/mol. The van der Waals surface area contributed by atoms with E-state index in [2.05, 4.69) is 20.8 Å². The number of aromatic hydroxyl groups is 2. The van der Waals surface area contributed by atoms with Crippen LogP contribution in [0.1, 0.15) is 48.9 Å². The van der Waals surface area contributed by atoms with E-state index in [1.807, 2.05) is 0 Å². The topological polar surface area (TPSA) is 144 Å². The number of rotatable bonds is 10. The summed E-state index contributed by atoms with van der Waals surface area (Å²) in [5.74, 6) is -0.565. The summed E-state index contributed by atoms with van der Waals surface area (Å²) >= 11 is 0. The molecule has 0 atom stereocenters. The minimum Gasteiger partial charge on any atom is -0.506 e. The van der Waals surface area contributed by atoms with E-state index in [-0.39, 0.29) is 36.3 Å². The molecule has 2 amide bonds. The molecule has 0 saturated carbocycles. The van der Waals surface area contributed by atoms with Gasteiger partial charge >= 0.3 is 0 Å². The number of phenolic OH excluding ortho intramolecular Hbond substituents is 1. The van der Waals surface area contributed by atoms with Gasteiger partial charge in [0.2, 0.25) is 11.8 Å². The molecule has 0 saturated heterocycles. The van der Waals surface area contributed by atoms with Crippen molar-refractivity contribution in [1.29, 1.82) is 0 Å². The first-order valence-corrected chi connectivity index (χ1v) is 9.60. The van der Waals surface area contributed by atoms with Crippen LogP contribution in [0, 0.1) is 6.92 Å². The zero-order chi connectivity index (χ0) is 21.9. The number of benzene rings is 1. The van der Waals surface area contributed by atoms with E-state index >= 15 is 0 Å². The van der Waals surface area contributed by atoms with Crippen LogP contribution in [0.25, 0.3) is 0 Å². The number of pyridine rings is 1. The summed E-state index contributed by atoms with van der Waals surface area (Å²) in [5, 5.41) is 35.4. The van der Waals surface area contributed by atoms with Crippen LogP contribution in [-0.2, 0) is 16.2 Å². The molecule has 0 aliphatic heterocycles. The lowest BCUT2D eigenvalue weighted by Gasteiger charge is -2.07. The van der Waals surface area contributed by atoms with E-state index in [0.717, 1.165) is 0 Å². The van der Waals surface area contributed by atoms with Crippen molar-refractivity contribution in [2.75, 3.05) is 5.32 Å².